The second kappa shape index (κ2) is 6.39. The molecular formula is C13H11N5O4. The van der Waals surface area contributed by atoms with Crippen molar-refractivity contribution in [2.75, 3.05) is 5.43 Å². The van der Waals surface area contributed by atoms with Crippen LogP contribution in [0.2, 0.25) is 0 Å². The van der Waals surface area contributed by atoms with Crippen molar-refractivity contribution >= 4 is 22.8 Å². The monoisotopic (exact) mass is 301 g/mol. The van der Waals surface area contributed by atoms with Crippen molar-refractivity contribution in [1.82, 2.24) is 4.98 Å². The minimum absolute atomic E-state index is 0.0732. The summed E-state index contributed by atoms with van der Waals surface area (Å²) in [5.41, 5.74) is 3.26. The molecule has 0 radical (unpaired) electrons. The van der Waals surface area contributed by atoms with Gasteiger partial charge < -0.3 is 0 Å². The number of nitrogens with zero attached hydrogens (tertiary/aromatic N) is 4. The van der Waals surface area contributed by atoms with Crippen molar-refractivity contribution in [3.63, 3.8) is 0 Å². The van der Waals surface area contributed by atoms with Crippen LogP contribution < -0.4 is 5.43 Å². The van der Waals surface area contributed by atoms with Gasteiger partial charge in [0.15, 0.2) is 0 Å². The molecule has 2 aromatic rings. The third-order valence-electron chi connectivity index (χ3n) is 2.83. The average molecular weight is 301 g/mol. The first-order chi connectivity index (χ1) is 10.5. The Morgan fingerprint density at radius 1 is 1.14 bits per heavy atom. The van der Waals surface area contributed by atoms with Gasteiger partial charge in [0.2, 0.25) is 0 Å². The van der Waals surface area contributed by atoms with Crippen LogP contribution in [0.1, 0.15) is 12.5 Å². The fraction of sp³-hybridized carbons (Fsp3) is 0.0769. The summed E-state index contributed by atoms with van der Waals surface area (Å²) in [5.74, 6) is 0. The van der Waals surface area contributed by atoms with Crippen molar-refractivity contribution in [1.29, 1.82) is 0 Å². The summed E-state index contributed by atoms with van der Waals surface area (Å²) in [6, 6.07) is 6.79. The van der Waals surface area contributed by atoms with Gasteiger partial charge in [-0.2, -0.15) is 5.10 Å². The second-order valence-electron chi connectivity index (χ2n) is 4.26. The van der Waals surface area contributed by atoms with E-state index in [2.05, 4.69) is 15.5 Å². The summed E-state index contributed by atoms with van der Waals surface area (Å²) in [6.45, 7) is 1.72. The maximum atomic E-state index is 11.0. The van der Waals surface area contributed by atoms with Gasteiger partial charge in [0.05, 0.1) is 21.6 Å². The molecule has 0 amide bonds. The molecule has 0 aliphatic rings. The van der Waals surface area contributed by atoms with Crippen LogP contribution in [0.3, 0.4) is 0 Å². The standard InChI is InChI=1S/C13H11N5O4/c1-9(10-4-6-14-7-5-10)15-16-12-3-2-11(17(19)20)8-13(12)18(21)22/h2-8,16H,1H3. The largest absolute Gasteiger partial charge is 0.301 e. The molecule has 0 spiro atoms. The number of hydrogen-bond acceptors (Lipinski definition) is 7. The Hall–Kier alpha value is -3.36. The molecule has 9 heteroatoms. The van der Waals surface area contributed by atoms with Crippen molar-refractivity contribution in [3.8, 4) is 0 Å². The van der Waals surface area contributed by atoms with Crippen molar-refractivity contribution in [2.24, 2.45) is 5.10 Å². The van der Waals surface area contributed by atoms with Crippen LogP contribution in [0.4, 0.5) is 17.1 Å². The minimum atomic E-state index is -0.702. The number of rotatable bonds is 5. The zero-order valence-corrected chi connectivity index (χ0v) is 11.5. The Balaban J connectivity index is 2.30. The third-order valence-corrected chi connectivity index (χ3v) is 2.83. The summed E-state index contributed by atoms with van der Waals surface area (Å²) in [5, 5.41) is 25.7. The first kappa shape index (κ1) is 15.0. The summed E-state index contributed by atoms with van der Waals surface area (Å²) in [7, 11) is 0. The van der Waals surface area contributed by atoms with E-state index in [1.807, 2.05) is 0 Å². The number of hydrogen-bond donors (Lipinski definition) is 1. The van der Waals surface area contributed by atoms with Gasteiger partial charge in [0, 0.05) is 24.0 Å². The van der Waals surface area contributed by atoms with Crippen LogP contribution in [-0.2, 0) is 0 Å². The number of anilines is 1. The Morgan fingerprint density at radius 3 is 2.41 bits per heavy atom. The molecule has 1 heterocycles. The first-order valence-electron chi connectivity index (χ1n) is 6.12. The van der Waals surface area contributed by atoms with Crippen molar-refractivity contribution in [2.45, 2.75) is 6.92 Å². The Bertz CT molecular complexity index is 745. The number of nitro benzene ring substituents is 2. The average Bonchev–Trinajstić information content (AvgIpc) is 2.53. The number of nitro groups is 2. The number of hydrazone groups is 1. The highest BCUT2D eigenvalue weighted by molar-refractivity contribution is 5.99. The highest BCUT2D eigenvalue weighted by Gasteiger charge is 2.19. The van der Waals surface area contributed by atoms with Crippen LogP contribution in [0.15, 0.2) is 47.8 Å². The summed E-state index contributed by atoms with van der Waals surface area (Å²) in [4.78, 5) is 24.2. The topological polar surface area (TPSA) is 124 Å². The highest BCUT2D eigenvalue weighted by Crippen LogP contribution is 2.28. The molecular weight excluding hydrogens is 290 g/mol. The smallest absolute Gasteiger partial charge is 0.271 e. The van der Waals surface area contributed by atoms with Crippen LogP contribution >= 0.6 is 0 Å². The van der Waals surface area contributed by atoms with Crippen LogP contribution in [0, 0.1) is 20.2 Å². The lowest BCUT2D eigenvalue weighted by Crippen LogP contribution is -2.02. The molecule has 0 unspecified atom stereocenters. The lowest BCUT2D eigenvalue weighted by atomic mass is 10.2. The summed E-state index contributed by atoms with van der Waals surface area (Å²) < 4.78 is 0. The van der Waals surface area contributed by atoms with Gasteiger partial charge in [0.25, 0.3) is 5.69 Å². The predicted molar refractivity (Wildman–Crippen MR) is 79.8 cm³/mol. The summed E-state index contributed by atoms with van der Waals surface area (Å²) >= 11 is 0. The Morgan fingerprint density at radius 2 is 1.82 bits per heavy atom. The van der Waals surface area contributed by atoms with Crippen LogP contribution in [0.25, 0.3) is 0 Å². The van der Waals surface area contributed by atoms with Gasteiger partial charge in [-0.1, -0.05) is 0 Å². The first-order valence-corrected chi connectivity index (χ1v) is 6.12. The summed E-state index contributed by atoms with van der Waals surface area (Å²) in [6.07, 6.45) is 3.20. The van der Waals surface area contributed by atoms with Crippen molar-refractivity contribution in [3.05, 3.63) is 68.5 Å². The van der Waals surface area contributed by atoms with E-state index in [0.29, 0.717) is 5.71 Å². The highest BCUT2D eigenvalue weighted by atomic mass is 16.6. The van der Waals surface area contributed by atoms with Gasteiger partial charge in [-0.3, -0.25) is 30.6 Å². The van der Waals surface area contributed by atoms with E-state index < -0.39 is 15.5 Å². The predicted octanol–water partition coefficient (Wildman–Crippen LogP) is 2.73. The van der Waals surface area contributed by atoms with E-state index in [0.717, 1.165) is 11.6 Å². The molecule has 0 saturated heterocycles. The molecule has 0 fully saturated rings. The quantitative estimate of drug-likeness (QED) is 0.514. The SMILES string of the molecule is CC(=NNc1ccc([N+](=O)[O-])cc1[N+](=O)[O-])c1ccncc1. The number of nitrogens with one attached hydrogen (secondary N) is 1. The van der Waals surface area contributed by atoms with Gasteiger partial charge in [-0.15, -0.1) is 0 Å². The molecule has 9 nitrogen and oxygen atoms in total. The fourth-order valence-electron chi connectivity index (χ4n) is 1.68. The molecule has 1 aromatic heterocycles. The molecule has 0 aliphatic heterocycles. The number of non-ortho nitro benzene ring substituents is 1. The van der Waals surface area contributed by atoms with Gasteiger partial charge >= 0.3 is 5.69 Å². The molecule has 1 N–H and O–H groups in total. The molecule has 0 saturated carbocycles. The van der Waals surface area contributed by atoms with Gasteiger partial charge in [-0.05, 0) is 25.1 Å². The van der Waals surface area contributed by atoms with Crippen LogP contribution in [0.5, 0.6) is 0 Å². The molecule has 112 valence electrons. The Kier molecular flexibility index (Phi) is 4.37. The molecule has 22 heavy (non-hydrogen) atoms. The maximum Gasteiger partial charge on any atom is 0.301 e. The van der Waals surface area contributed by atoms with Crippen LogP contribution in [-0.4, -0.2) is 20.5 Å². The zero-order chi connectivity index (χ0) is 16.1. The van der Waals surface area contributed by atoms with Gasteiger partial charge in [0.1, 0.15) is 5.69 Å². The number of pyridine rings is 1. The zero-order valence-electron chi connectivity index (χ0n) is 11.5. The Labute approximate surface area is 124 Å². The van der Waals surface area contributed by atoms with Crippen molar-refractivity contribution < 1.29 is 9.85 Å². The molecule has 0 bridgehead atoms. The number of aromatic nitrogens is 1. The molecule has 2 rings (SSSR count). The maximum absolute atomic E-state index is 11.0. The lowest BCUT2D eigenvalue weighted by molar-refractivity contribution is -0.393. The lowest BCUT2D eigenvalue weighted by Gasteiger charge is -2.04. The van der Waals surface area contributed by atoms with E-state index in [1.165, 1.54) is 12.1 Å². The second-order valence-corrected chi connectivity index (χ2v) is 4.26. The fourth-order valence-corrected chi connectivity index (χ4v) is 1.68. The minimum Gasteiger partial charge on any atom is -0.271 e. The normalized spacial score (nSPS) is 11.0. The van der Waals surface area contributed by atoms with E-state index in [9.17, 15) is 20.2 Å². The molecule has 0 atom stereocenters. The van der Waals surface area contributed by atoms with E-state index in [4.69, 9.17) is 0 Å². The molecule has 0 aliphatic carbocycles. The number of benzene rings is 1. The molecule has 1 aromatic carbocycles. The van der Waals surface area contributed by atoms with Gasteiger partial charge in [-0.25, -0.2) is 0 Å². The van der Waals surface area contributed by atoms with E-state index in [-0.39, 0.29) is 11.4 Å². The van der Waals surface area contributed by atoms with E-state index in [1.54, 1.807) is 31.5 Å². The third kappa shape index (κ3) is 3.39. The van der Waals surface area contributed by atoms with E-state index >= 15 is 0 Å².